The number of benzene rings is 2. The Kier molecular flexibility index (Phi) is 7.79. The lowest BCUT2D eigenvalue weighted by atomic mass is 9.46. The van der Waals surface area contributed by atoms with Crippen molar-refractivity contribution >= 4 is 5.91 Å². The number of carbonyl (C=O) groups excluding carboxylic acids is 1. The van der Waals surface area contributed by atoms with E-state index in [0.717, 1.165) is 5.56 Å². The zero-order valence-corrected chi connectivity index (χ0v) is 21.3. The zero-order chi connectivity index (χ0) is 23.6. The second-order valence-electron chi connectivity index (χ2n) is 10.3. The quantitative estimate of drug-likeness (QED) is 0.544. The van der Waals surface area contributed by atoms with E-state index in [9.17, 15) is 4.79 Å². The minimum Gasteiger partial charge on any atom is -0.348 e. The number of rotatable bonds is 3. The molecule has 0 spiro atoms. The van der Waals surface area contributed by atoms with Gasteiger partial charge in [0.1, 0.15) is 0 Å². The summed E-state index contributed by atoms with van der Waals surface area (Å²) in [6, 6.07) is 16.5. The van der Waals surface area contributed by atoms with Crippen molar-refractivity contribution in [2.75, 3.05) is 0 Å². The van der Waals surface area contributed by atoms with Gasteiger partial charge in [-0.15, -0.1) is 0 Å². The summed E-state index contributed by atoms with van der Waals surface area (Å²) in [6.45, 7) is 22.6. The van der Waals surface area contributed by atoms with Gasteiger partial charge in [0.15, 0.2) is 0 Å². The van der Waals surface area contributed by atoms with Gasteiger partial charge in [0.25, 0.3) is 5.91 Å². The second kappa shape index (κ2) is 9.59. The molecular weight excluding hydrogens is 378 g/mol. The van der Waals surface area contributed by atoms with Crippen molar-refractivity contribution in [3.63, 3.8) is 0 Å². The summed E-state index contributed by atoms with van der Waals surface area (Å²) in [5.41, 5.74) is 4.94. The van der Waals surface area contributed by atoms with E-state index in [1.165, 1.54) is 16.7 Å². The summed E-state index contributed by atoms with van der Waals surface area (Å²) in [6.07, 6.45) is 0. The van der Waals surface area contributed by atoms with E-state index in [-0.39, 0.29) is 28.7 Å². The van der Waals surface area contributed by atoms with Gasteiger partial charge in [-0.1, -0.05) is 91.8 Å². The number of hydrogen-bond acceptors (Lipinski definition) is 1. The largest absolute Gasteiger partial charge is 0.348 e. The van der Waals surface area contributed by atoms with E-state index in [0.29, 0.717) is 11.8 Å². The van der Waals surface area contributed by atoms with Crippen LogP contribution in [0.5, 0.6) is 0 Å². The van der Waals surface area contributed by atoms with Gasteiger partial charge >= 0.3 is 0 Å². The third kappa shape index (κ3) is 4.59. The van der Waals surface area contributed by atoms with Crippen LogP contribution >= 0.6 is 0 Å². The third-order valence-corrected chi connectivity index (χ3v) is 8.65. The van der Waals surface area contributed by atoms with Crippen LogP contribution in [0.15, 0.2) is 48.5 Å². The highest BCUT2D eigenvalue weighted by Crippen LogP contribution is 2.60. The molecule has 0 heterocycles. The first kappa shape index (κ1) is 25.2. The first-order valence-corrected chi connectivity index (χ1v) is 11.9. The van der Waals surface area contributed by atoms with Crippen molar-refractivity contribution in [3.05, 3.63) is 70.8 Å². The SMILES string of the molecule is CC.Cc1ccc(C2C(NC(=O)c3ccccc3)C(C)C(C)(C)C(C)(C)C2C)cc1C. The summed E-state index contributed by atoms with van der Waals surface area (Å²) >= 11 is 0. The summed E-state index contributed by atoms with van der Waals surface area (Å²) in [7, 11) is 0. The highest BCUT2D eigenvalue weighted by molar-refractivity contribution is 5.94. The van der Waals surface area contributed by atoms with E-state index < -0.39 is 0 Å². The number of aryl methyl sites for hydroxylation is 2. The highest BCUT2D eigenvalue weighted by atomic mass is 16.1. The van der Waals surface area contributed by atoms with Gasteiger partial charge in [0, 0.05) is 17.5 Å². The van der Waals surface area contributed by atoms with Crippen LogP contribution in [0.1, 0.15) is 88.4 Å². The zero-order valence-electron chi connectivity index (χ0n) is 21.3. The van der Waals surface area contributed by atoms with Gasteiger partial charge < -0.3 is 5.32 Å². The minimum absolute atomic E-state index is 0.0268. The van der Waals surface area contributed by atoms with Crippen molar-refractivity contribution < 1.29 is 4.79 Å². The Balaban J connectivity index is 0.00000166. The maximum atomic E-state index is 13.1. The average Bonchev–Trinajstić information content (AvgIpc) is 2.75. The summed E-state index contributed by atoms with van der Waals surface area (Å²) in [5, 5.41) is 3.45. The van der Waals surface area contributed by atoms with Crippen LogP contribution in [-0.4, -0.2) is 11.9 Å². The molecule has 0 aromatic heterocycles. The maximum absolute atomic E-state index is 13.1. The lowest BCUT2D eigenvalue weighted by molar-refractivity contribution is -0.0751. The molecular formula is C29H43NO. The third-order valence-electron chi connectivity index (χ3n) is 8.65. The van der Waals surface area contributed by atoms with Crippen LogP contribution in [0.4, 0.5) is 0 Å². The van der Waals surface area contributed by atoms with Crippen molar-refractivity contribution in [3.8, 4) is 0 Å². The lowest BCUT2D eigenvalue weighted by Gasteiger charge is -2.60. The molecule has 1 aliphatic rings. The predicted molar refractivity (Wildman–Crippen MR) is 134 cm³/mol. The number of nitrogens with one attached hydrogen (secondary N) is 1. The lowest BCUT2D eigenvalue weighted by Crippen LogP contribution is -2.60. The molecule has 1 amide bonds. The van der Waals surface area contributed by atoms with Crippen molar-refractivity contribution in [1.29, 1.82) is 0 Å². The first-order valence-electron chi connectivity index (χ1n) is 11.9. The monoisotopic (exact) mass is 421 g/mol. The molecule has 1 N–H and O–H groups in total. The molecule has 2 aromatic carbocycles. The Morgan fingerprint density at radius 1 is 0.806 bits per heavy atom. The summed E-state index contributed by atoms with van der Waals surface area (Å²) in [4.78, 5) is 13.1. The smallest absolute Gasteiger partial charge is 0.251 e. The molecule has 2 aromatic rings. The molecule has 0 saturated heterocycles. The highest BCUT2D eigenvalue weighted by Gasteiger charge is 2.56. The summed E-state index contributed by atoms with van der Waals surface area (Å²) in [5.74, 6) is 1.07. The van der Waals surface area contributed by atoms with Crippen LogP contribution < -0.4 is 5.32 Å². The molecule has 0 aliphatic heterocycles. The number of carbonyl (C=O) groups is 1. The van der Waals surface area contributed by atoms with Gasteiger partial charge in [-0.05, 0) is 65.3 Å². The molecule has 31 heavy (non-hydrogen) atoms. The fraction of sp³-hybridized carbons (Fsp3) is 0.552. The molecule has 2 heteroatoms. The second-order valence-corrected chi connectivity index (χ2v) is 10.3. The van der Waals surface area contributed by atoms with Crippen molar-refractivity contribution in [1.82, 2.24) is 5.32 Å². The Bertz CT molecular complexity index is 881. The molecule has 3 rings (SSSR count). The van der Waals surface area contributed by atoms with Gasteiger partial charge in [-0.3, -0.25) is 4.79 Å². The van der Waals surface area contributed by atoms with E-state index in [1.807, 2.05) is 44.2 Å². The topological polar surface area (TPSA) is 29.1 Å². The average molecular weight is 422 g/mol. The van der Waals surface area contributed by atoms with E-state index in [4.69, 9.17) is 0 Å². The summed E-state index contributed by atoms with van der Waals surface area (Å²) < 4.78 is 0. The van der Waals surface area contributed by atoms with E-state index in [1.54, 1.807) is 0 Å². The van der Waals surface area contributed by atoms with Gasteiger partial charge in [0.05, 0.1) is 0 Å². The molecule has 4 unspecified atom stereocenters. The van der Waals surface area contributed by atoms with E-state index in [2.05, 4.69) is 78.9 Å². The Hall–Kier alpha value is -2.09. The fourth-order valence-electron chi connectivity index (χ4n) is 5.20. The maximum Gasteiger partial charge on any atom is 0.251 e. The molecule has 4 atom stereocenters. The normalized spacial score (nSPS) is 26.4. The van der Waals surface area contributed by atoms with Crippen LogP contribution in [-0.2, 0) is 0 Å². The van der Waals surface area contributed by atoms with Gasteiger partial charge in [-0.25, -0.2) is 0 Å². The van der Waals surface area contributed by atoms with Gasteiger partial charge in [-0.2, -0.15) is 0 Å². The predicted octanol–water partition coefficient (Wildman–Crippen LogP) is 7.55. The fourth-order valence-corrected chi connectivity index (χ4v) is 5.20. The van der Waals surface area contributed by atoms with Crippen LogP contribution in [0.2, 0.25) is 0 Å². The van der Waals surface area contributed by atoms with Crippen molar-refractivity contribution in [2.24, 2.45) is 22.7 Å². The molecule has 170 valence electrons. The molecule has 0 bridgehead atoms. The molecule has 2 nitrogen and oxygen atoms in total. The standard InChI is InChI=1S/C27H37NO.C2H6/c1-17-14-15-22(16-18(17)2)23-19(3)26(5,6)27(7,8)20(4)24(23)28-25(29)21-12-10-9-11-13-21;1-2/h9-16,19-20,23-24H,1-8H3,(H,28,29);1-2H3. The molecule has 1 aliphatic carbocycles. The number of hydrogen-bond donors (Lipinski definition) is 1. The Morgan fingerprint density at radius 2 is 1.35 bits per heavy atom. The van der Waals surface area contributed by atoms with Crippen LogP contribution in [0, 0.1) is 36.5 Å². The Morgan fingerprint density at radius 3 is 1.90 bits per heavy atom. The molecule has 1 fully saturated rings. The van der Waals surface area contributed by atoms with Crippen molar-refractivity contribution in [2.45, 2.75) is 81.2 Å². The van der Waals surface area contributed by atoms with Gasteiger partial charge in [0.2, 0.25) is 0 Å². The van der Waals surface area contributed by atoms with E-state index >= 15 is 0 Å². The first-order chi connectivity index (χ1) is 14.5. The molecule has 0 radical (unpaired) electrons. The minimum atomic E-state index is 0.0268. The number of amides is 1. The molecule has 1 saturated carbocycles. The Labute approximate surface area is 190 Å². The van der Waals surface area contributed by atoms with Crippen LogP contribution in [0.3, 0.4) is 0 Å². The van der Waals surface area contributed by atoms with Crippen LogP contribution in [0.25, 0.3) is 0 Å².